The summed E-state index contributed by atoms with van der Waals surface area (Å²) in [5.41, 5.74) is 8.23. The lowest BCUT2D eigenvalue weighted by molar-refractivity contribution is 0.754. The number of nitrogens with two attached hydrogens (primary N) is 1. The molecule has 0 aliphatic carbocycles. The van der Waals surface area contributed by atoms with Crippen molar-refractivity contribution in [2.24, 2.45) is 0 Å². The average molecular weight is 202 g/mol. The van der Waals surface area contributed by atoms with Crippen molar-refractivity contribution in [2.75, 3.05) is 5.73 Å². The maximum Gasteiger partial charge on any atom is 0.253 e. The van der Waals surface area contributed by atoms with Crippen LogP contribution in [0, 0.1) is 6.92 Å². The standard InChI is InChI=1S/C12H14N2O/c1-3-14-11-5-4-10(13)7-9(11)6-8(2)12(14)15/h4-7H,3,13H2,1-2H3. The molecule has 1 aromatic carbocycles. The third-order valence-electron chi connectivity index (χ3n) is 2.61. The van der Waals surface area contributed by atoms with Crippen molar-refractivity contribution in [3.63, 3.8) is 0 Å². The van der Waals surface area contributed by atoms with Gasteiger partial charge in [0.2, 0.25) is 0 Å². The maximum atomic E-state index is 11.8. The highest BCUT2D eigenvalue weighted by atomic mass is 16.1. The van der Waals surface area contributed by atoms with Crippen LogP contribution in [0.15, 0.2) is 29.1 Å². The molecule has 0 spiro atoms. The first-order valence-electron chi connectivity index (χ1n) is 5.03. The Morgan fingerprint density at radius 3 is 2.73 bits per heavy atom. The van der Waals surface area contributed by atoms with Crippen LogP contribution in [-0.2, 0) is 6.54 Å². The van der Waals surface area contributed by atoms with Crippen molar-refractivity contribution in [1.29, 1.82) is 0 Å². The zero-order valence-corrected chi connectivity index (χ0v) is 8.95. The molecule has 0 saturated heterocycles. The van der Waals surface area contributed by atoms with Crippen LogP contribution in [0.4, 0.5) is 5.69 Å². The molecule has 1 heterocycles. The first kappa shape index (κ1) is 9.77. The second kappa shape index (κ2) is 3.42. The lowest BCUT2D eigenvalue weighted by Gasteiger charge is -2.09. The van der Waals surface area contributed by atoms with E-state index in [0.717, 1.165) is 22.2 Å². The third kappa shape index (κ3) is 1.50. The summed E-state index contributed by atoms with van der Waals surface area (Å²) < 4.78 is 1.77. The Kier molecular flexibility index (Phi) is 2.23. The molecule has 2 N–H and O–H groups in total. The van der Waals surface area contributed by atoms with E-state index in [2.05, 4.69) is 0 Å². The summed E-state index contributed by atoms with van der Waals surface area (Å²) in [6.07, 6.45) is 0. The van der Waals surface area contributed by atoms with Gasteiger partial charge in [0.25, 0.3) is 5.56 Å². The van der Waals surface area contributed by atoms with Crippen LogP contribution in [0.1, 0.15) is 12.5 Å². The number of benzene rings is 1. The van der Waals surface area contributed by atoms with Gasteiger partial charge in [0.15, 0.2) is 0 Å². The molecule has 0 fully saturated rings. The Morgan fingerprint density at radius 2 is 2.07 bits per heavy atom. The van der Waals surface area contributed by atoms with Crippen LogP contribution in [0.25, 0.3) is 10.9 Å². The first-order chi connectivity index (χ1) is 7.13. The number of anilines is 1. The smallest absolute Gasteiger partial charge is 0.253 e. The highest BCUT2D eigenvalue weighted by Crippen LogP contribution is 2.16. The predicted octanol–water partition coefficient (Wildman–Crippen LogP) is 1.91. The topological polar surface area (TPSA) is 48.0 Å². The van der Waals surface area contributed by atoms with Gasteiger partial charge >= 0.3 is 0 Å². The highest BCUT2D eigenvalue weighted by Gasteiger charge is 2.04. The number of aryl methyl sites for hydroxylation is 2. The van der Waals surface area contributed by atoms with E-state index in [1.54, 1.807) is 4.57 Å². The molecule has 0 atom stereocenters. The Morgan fingerprint density at radius 1 is 1.33 bits per heavy atom. The average Bonchev–Trinajstić information content (AvgIpc) is 2.20. The molecule has 0 radical (unpaired) electrons. The molecule has 3 nitrogen and oxygen atoms in total. The van der Waals surface area contributed by atoms with Gasteiger partial charge in [-0.25, -0.2) is 0 Å². The fraction of sp³-hybridized carbons (Fsp3) is 0.250. The summed E-state index contributed by atoms with van der Waals surface area (Å²) in [6, 6.07) is 7.51. The van der Waals surface area contributed by atoms with Crippen molar-refractivity contribution in [3.8, 4) is 0 Å². The molecule has 0 amide bonds. The van der Waals surface area contributed by atoms with E-state index in [1.165, 1.54) is 0 Å². The van der Waals surface area contributed by atoms with Crippen molar-refractivity contribution in [1.82, 2.24) is 4.57 Å². The van der Waals surface area contributed by atoms with Gasteiger partial charge in [-0.1, -0.05) is 0 Å². The van der Waals surface area contributed by atoms with Gasteiger partial charge in [-0.05, 0) is 38.1 Å². The SMILES string of the molecule is CCn1c(=O)c(C)cc2cc(N)ccc21. The maximum absolute atomic E-state index is 11.8. The van der Waals surface area contributed by atoms with Crippen molar-refractivity contribution < 1.29 is 0 Å². The van der Waals surface area contributed by atoms with Crippen molar-refractivity contribution in [3.05, 3.63) is 40.2 Å². The summed E-state index contributed by atoms with van der Waals surface area (Å²) in [4.78, 5) is 11.8. The molecular weight excluding hydrogens is 188 g/mol. The van der Waals surface area contributed by atoms with Gasteiger partial charge < -0.3 is 10.3 Å². The van der Waals surface area contributed by atoms with Crippen molar-refractivity contribution in [2.45, 2.75) is 20.4 Å². The second-order valence-electron chi connectivity index (χ2n) is 3.70. The summed E-state index contributed by atoms with van der Waals surface area (Å²) in [5.74, 6) is 0. The molecule has 0 bridgehead atoms. The normalized spacial score (nSPS) is 10.8. The molecule has 0 saturated carbocycles. The lowest BCUT2D eigenvalue weighted by atomic mass is 10.1. The Balaban J connectivity index is 2.94. The minimum absolute atomic E-state index is 0.0785. The molecule has 78 valence electrons. The quantitative estimate of drug-likeness (QED) is 0.718. The summed E-state index contributed by atoms with van der Waals surface area (Å²) in [6.45, 7) is 4.48. The largest absolute Gasteiger partial charge is 0.399 e. The van der Waals surface area contributed by atoms with Gasteiger partial charge in [-0.2, -0.15) is 0 Å². The Labute approximate surface area is 88.1 Å². The summed E-state index contributed by atoms with van der Waals surface area (Å²) >= 11 is 0. The number of nitrogen functional groups attached to an aromatic ring is 1. The monoisotopic (exact) mass is 202 g/mol. The van der Waals surface area contributed by atoms with E-state index < -0.39 is 0 Å². The molecule has 0 aliphatic heterocycles. The zero-order chi connectivity index (χ0) is 11.0. The molecule has 0 unspecified atom stereocenters. The van der Waals surface area contributed by atoms with Crippen LogP contribution < -0.4 is 11.3 Å². The van der Waals surface area contributed by atoms with Crippen LogP contribution >= 0.6 is 0 Å². The van der Waals surface area contributed by atoms with E-state index in [4.69, 9.17) is 5.73 Å². The number of aromatic nitrogens is 1. The van der Waals surface area contributed by atoms with Gasteiger partial charge in [0.1, 0.15) is 0 Å². The zero-order valence-electron chi connectivity index (χ0n) is 8.95. The molecule has 0 aliphatic rings. The fourth-order valence-electron chi connectivity index (χ4n) is 1.87. The first-order valence-corrected chi connectivity index (χ1v) is 5.03. The van der Waals surface area contributed by atoms with E-state index in [0.29, 0.717) is 6.54 Å². The predicted molar refractivity (Wildman–Crippen MR) is 63.0 cm³/mol. The van der Waals surface area contributed by atoms with Crippen LogP contribution in [-0.4, -0.2) is 4.57 Å². The Bertz CT molecular complexity index is 570. The third-order valence-corrected chi connectivity index (χ3v) is 2.61. The number of pyridine rings is 1. The summed E-state index contributed by atoms with van der Waals surface area (Å²) in [5, 5.41) is 1.02. The van der Waals surface area contributed by atoms with E-state index in [-0.39, 0.29) is 5.56 Å². The van der Waals surface area contributed by atoms with Gasteiger partial charge in [0, 0.05) is 23.2 Å². The van der Waals surface area contributed by atoms with Gasteiger partial charge in [-0.3, -0.25) is 4.79 Å². The van der Waals surface area contributed by atoms with Gasteiger partial charge in [-0.15, -0.1) is 0 Å². The number of hydrogen-bond donors (Lipinski definition) is 1. The minimum Gasteiger partial charge on any atom is -0.399 e. The molecular formula is C12H14N2O. The molecule has 3 heteroatoms. The van der Waals surface area contributed by atoms with Crippen LogP contribution in [0.5, 0.6) is 0 Å². The number of fused-ring (bicyclic) bond motifs is 1. The molecule has 15 heavy (non-hydrogen) atoms. The van der Waals surface area contributed by atoms with E-state index >= 15 is 0 Å². The fourth-order valence-corrected chi connectivity index (χ4v) is 1.87. The van der Waals surface area contributed by atoms with Crippen LogP contribution in [0.2, 0.25) is 0 Å². The minimum atomic E-state index is 0.0785. The number of hydrogen-bond acceptors (Lipinski definition) is 2. The van der Waals surface area contributed by atoms with Gasteiger partial charge in [0.05, 0.1) is 5.52 Å². The number of nitrogens with zero attached hydrogens (tertiary/aromatic N) is 1. The highest BCUT2D eigenvalue weighted by molar-refractivity contribution is 5.82. The number of rotatable bonds is 1. The van der Waals surface area contributed by atoms with Crippen LogP contribution in [0.3, 0.4) is 0 Å². The second-order valence-corrected chi connectivity index (χ2v) is 3.70. The molecule has 2 rings (SSSR count). The Hall–Kier alpha value is -1.77. The molecule has 1 aromatic heterocycles. The summed E-state index contributed by atoms with van der Waals surface area (Å²) in [7, 11) is 0. The van der Waals surface area contributed by atoms with Crippen molar-refractivity contribution >= 4 is 16.6 Å². The lowest BCUT2D eigenvalue weighted by Crippen LogP contribution is -2.21. The molecule has 2 aromatic rings. The van der Waals surface area contributed by atoms with E-state index in [9.17, 15) is 4.79 Å². The van der Waals surface area contributed by atoms with E-state index in [1.807, 2.05) is 38.1 Å².